The van der Waals surface area contributed by atoms with E-state index in [0.717, 1.165) is 31.7 Å². The van der Waals surface area contributed by atoms with Crippen LogP contribution in [0.15, 0.2) is 42.5 Å². The molecule has 0 aromatic heterocycles. The van der Waals surface area contributed by atoms with Gasteiger partial charge >= 0.3 is 0 Å². The number of ether oxygens (including phenoxy) is 1. The van der Waals surface area contributed by atoms with E-state index in [1.807, 2.05) is 24.3 Å². The van der Waals surface area contributed by atoms with Gasteiger partial charge in [-0.2, -0.15) is 0 Å². The van der Waals surface area contributed by atoms with Gasteiger partial charge in [-0.3, -0.25) is 4.34 Å². The van der Waals surface area contributed by atoms with Gasteiger partial charge in [-0.15, -0.1) is 0 Å². The lowest BCUT2D eigenvalue weighted by molar-refractivity contribution is 0.311. The topological polar surface area (TPSA) is 21.3 Å². The fraction of sp³-hybridized carbons (Fsp3) is 0.286. The van der Waals surface area contributed by atoms with Crippen LogP contribution in [-0.4, -0.2) is 13.2 Å². The molecule has 0 atom stereocenters. The van der Waals surface area contributed by atoms with Crippen molar-refractivity contribution in [3.63, 3.8) is 0 Å². The molecule has 2 rings (SSSR count). The summed E-state index contributed by atoms with van der Waals surface area (Å²) in [6.45, 7) is 1.74. The van der Waals surface area contributed by atoms with E-state index in [2.05, 4.69) is 38.7 Å². The molecular formula is C14H16BrNO. The van der Waals surface area contributed by atoms with Crippen LogP contribution in [0.4, 0.5) is 0 Å². The van der Waals surface area contributed by atoms with Crippen molar-refractivity contribution < 1.29 is 4.74 Å². The van der Waals surface area contributed by atoms with Gasteiger partial charge in [-0.1, -0.05) is 36.4 Å². The van der Waals surface area contributed by atoms with Crippen LogP contribution in [0.3, 0.4) is 0 Å². The first kappa shape index (κ1) is 12.4. The molecule has 3 heteroatoms. The molecule has 0 aliphatic rings. The maximum atomic E-state index is 5.82. The van der Waals surface area contributed by atoms with E-state index in [4.69, 9.17) is 4.74 Å². The van der Waals surface area contributed by atoms with Gasteiger partial charge in [0.05, 0.1) is 6.61 Å². The van der Waals surface area contributed by atoms with E-state index < -0.39 is 0 Å². The van der Waals surface area contributed by atoms with Crippen molar-refractivity contribution in [3.8, 4) is 5.75 Å². The number of benzene rings is 2. The Kier molecular flexibility index (Phi) is 4.83. The molecule has 0 saturated heterocycles. The predicted octanol–water partition coefficient (Wildman–Crippen LogP) is 3.90. The molecule has 2 aromatic carbocycles. The van der Waals surface area contributed by atoms with Gasteiger partial charge in [0.25, 0.3) is 0 Å². The van der Waals surface area contributed by atoms with Gasteiger partial charge in [0.2, 0.25) is 0 Å². The average Bonchev–Trinajstić information content (AvgIpc) is 2.39. The van der Waals surface area contributed by atoms with E-state index in [0.29, 0.717) is 0 Å². The first-order valence-electron chi connectivity index (χ1n) is 5.86. The fourth-order valence-electron chi connectivity index (χ4n) is 1.80. The predicted molar refractivity (Wildman–Crippen MR) is 75.6 cm³/mol. The molecule has 0 unspecified atom stereocenters. The van der Waals surface area contributed by atoms with Crippen molar-refractivity contribution in [3.05, 3.63) is 42.5 Å². The number of nitrogens with one attached hydrogen (secondary N) is 1. The molecule has 0 radical (unpaired) electrons. The van der Waals surface area contributed by atoms with Crippen LogP contribution in [0.5, 0.6) is 5.75 Å². The molecule has 0 amide bonds. The quantitative estimate of drug-likeness (QED) is 0.644. The standard InChI is InChI=1S/C14H16BrNO/c15-16-10-3-4-11-17-14-9-5-7-12-6-1-2-8-13(12)14/h1-2,5-9,16H,3-4,10-11H2. The molecule has 2 nitrogen and oxygen atoms in total. The van der Waals surface area contributed by atoms with Crippen molar-refractivity contribution in [1.29, 1.82) is 0 Å². The first-order chi connectivity index (χ1) is 8.42. The van der Waals surface area contributed by atoms with Gasteiger partial charge in [0.15, 0.2) is 0 Å². The molecule has 0 heterocycles. The summed E-state index contributed by atoms with van der Waals surface area (Å²) in [4.78, 5) is 0. The summed E-state index contributed by atoms with van der Waals surface area (Å²) in [5, 5.41) is 2.42. The molecule has 1 N–H and O–H groups in total. The fourth-order valence-corrected chi connectivity index (χ4v) is 2.08. The van der Waals surface area contributed by atoms with Crippen LogP contribution in [0.2, 0.25) is 0 Å². The Morgan fingerprint density at radius 2 is 1.82 bits per heavy atom. The Hall–Kier alpha value is -1.06. The minimum absolute atomic E-state index is 0.767. The smallest absolute Gasteiger partial charge is 0.127 e. The van der Waals surface area contributed by atoms with Gasteiger partial charge in [-0.25, -0.2) is 0 Å². The van der Waals surface area contributed by atoms with Gasteiger partial charge in [-0.05, 0) is 24.3 Å². The number of rotatable bonds is 6. The third-order valence-corrected chi connectivity index (χ3v) is 3.07. The SMILES string of the molecule is BrNCCCCOc1cccc2ccccc12. The highest BCUT2D eigenvalue weighted by Gasteiger charge is 2.00. The highest BCUT2D eigenvalue weighted by molar-refractivity contribution is 9.08. The van der Waals surface area contributed by atoms with Gasteiger partial charge < -0.3 is 4.74 Å². The number of hydrogen-bond donors (Lipinski definition) is 1. The third kappa shape index (κ3) is 3.45. The Morgan fingerprint density at radius 1 is 1.00 bits per heavy atom. The molecule has 17 heavy (non-hydrogen) atoms. The van der Waals surface area contributed by atoms with E-state index in [9.17, 15) is 0 Å². The second-order valence-corrected chi connectivity index (χ2v) is 4.48. The molecule has 0 aliphatic heterocycles. The summed E-state index contributed by atoms with van der Waals surface area (Å²) in [6, 6.07) is 14.5. The molecule has 90 valence electrons. The Balaban J connectivity index is 1.98. The zero-order chi connectivity index (χ0) is 11.9. The van der Waals surface area contributed by atoms with Crippen LogP contribution in [0.1, 0.15) is 12.8 Å². The van der Waals surface area contributed by atoms with Gasteiger partial charge in [0, 0.05) is 28.1 Å². The largest absolute Gasteiger partial charge is 0.493 e. The minimum Gasteiger partial charge on any atom is -0.493 e. The normalized spacial score (nSPS) is 10.6. The van der Waals surface area contributed by atoms with Crippen molar-refractivity contribution in [2.24, 2.45) is 0 Å². The summed E-state index contributed by atoms with van der Waals surface area (Å²) in [6.07, 6.45) is 2.16. The zero-order valence-corrected chi connectivity index (χ0v) is 11.2. The highest BCUT2D eigenvalue weighted by Crippen LogP contribution is 2.25. The lowest BCUT2D eigenvalue weighted by Crippen LogP contribution is -2.04. The van der Waals surface area contributed by atoms with Crippen LogP contribution >= 0.6 is 16.1 Å². The summed E-state index contributed by atoms with van der Waals surface area (Å²) < 4.78 is 8.78. The molecular weight excluding hydrogens is 278 g/mol. The second kappa shape index (κ2) is 6.62. The Morgan fingerprint density at radius 3 is 2.71 bits per heavy atom. The number of unbranched alkanes of at least 4 members (excludes halogenated alkanes) is 1. The molecule has 0 saturated carbocycles. The minimum atomic E-state index is 0.767. The van der Waals surface area contributed by atoms with E-state index in [1.54, 1.807) is 0 Å². The van der Waals surface area contributed by atoms with Crippen LogP contribution in [-0.2, 0) is 0 Å². The van der Waals surface area contributed by atoms with Crippen LogP contribution in [0, 0.1) is 0 Å². The van der Waals surface area contributed by atoms with E-state index >= 15 is 0 Å². The lowest BCUT2D eigenvalue weighted by Gasteiger charge is -2.08. The van der Waals surface area contributed by atoms with Crippen molar-refractivity contribution in [1.82, 2.24) is 4.34 Å². The Labute approximate surface area is 110 Å². The number of fused-ring (bicyclic) bond motifs is 1. The highest BCUT2D eigenvalue weighted by atomic mass is 79.9. The summed E-state index contributed by atoms with van der Waals surface area (Å²) >= 11 is 3.19. The third-order valence-electron chi connectivity index (χ3n) is 2.67. The molecule has 2 aromatic rings. The van der Waals surface area contributed by atoms with Crippen molar-refractivity contribution >= 4 is 26.9 Å². The average molecular weight is 294 g/mol. The van der Waals surface area contributed by atoms with Gasteiger partial charge in [0.1, 0.15) is 5.75 Å². The monoisotopic (exact) mass is 293 g/mol. The van der Waals surface area contributed by atoms with Crippen LogP contribution in [0.25, 0.3) is 10.8 Å². The molecule has 0 bridgehead atoms. The van der Waals surface area contributed by atoms with Crippen LogP contribution < -0.4 is 9.08 Å². The van der Waals surface area contributed by atoms with E-state index in [-0.39, 0.29) is 0 Å². The second-order valence-electron chi connectivity index (χ2n) is 3.92. The molecule has 0 aliphatic carbocycles. The Bertz CT molecular complexity index is 467. The first-order valence-corrected chi connectivity index (χ1v) is 6.65. The maximum Gasteiger partial charge on any atom is 0.127 e. The summed E-state index contributed by atoms with van der Waals surface area (Å²) in [5.74, 6) is 0.981. The number of halogens is 1. The zero-order valence-electron chi connectivity index (χ0n) is 9.66. The van der Waals surface area contributed by atoms with E-state index in [1.165, 1.54) is 10.8 Å². The van der Waals surface area contributed by atoms with Crippen molar-refractivity contribution in [2.75, 3.05) is 13.2 Å². The summed E-state index contributed by atoms with van der Waals surface area (Å²) in [7, 11) is 0. The molecule has 0 spiro atoms. The summed E-state index contributed by atoms with van der Waals surface area (Å²) in [5.41, 5.74) is 0. The molecule has 0 fully saturated rings. The number of hydrogen-bond acceptors (Lipinski definition) is 2. The van der Waals surface area contributed by atoms with Crippen molar-refractivity contribution in [2.45, 2.75) is 12.8 Å². The lowest BCUT2D eigenvalue weighted by atomic mass is 10.1. The maximum absolute atomic E-state index is 5.82.